The van der Waals surface area contributed by atoms with Crippen LogP contribution in [-0.4, -0.2) is 22.3 Å². The molecule has 98 valence electrons. The maximum absolute atomic E-state index is 10.9. The zero-order chi connectivity index (χ0) is 13.8. The number of nitrogens with one attached hydrogen (secondary N) is 1. The molecule has 6 nitrogen and oxygen atoms in total. The Morgan fingerprint density at radius 3 is 2.95 bits per heavy atom. The number of nitrogens with two attached hydrogens (primary N) is 1. The molecule has 2 aromatic rings. The molecule has 2 rings (SSSR count). The van der Waals surface area contributed by atoms with E-state index in [-0.39, 0.29) is 5.56 Å². The third kappa shape index (κ3) is 3.64. The quantitative estimate of drug-likeness (QED) is 0.425. The summed E-state index contributed by atoms with van der Waals surface area (Å²) < 4.78 is 0.660. The van der Waals surface area contributed by atoms with Gasteiger partial charge in [0.2, 0.25) is 5.13 Å². The maximum atomic E-state index is 10.9. The van der Waals surface area contributed by atoms with Crippen molar-refractivity contribution in [1.29, 1.82) is 0 Å². The summed E-state index contributed by atoms with van der Waals surface area (Å²) >= 11 is 3.33. The van der Waals surface area contributed by atoms with Gasteiger partial charge in [-0.25, -0.2) is 9.78 Å². The van der Waals surface area contributed by atoms with E-state index in [0.29, 0.717) is 14.5 Å². The lowest BCUT2D eigenvalue weighted by atomic mass is 10.1. The smallest absolute Gasteiger partial charge is 0.336 e. The average molecular weight is 388 g/mol. The highest BCUT2D eigenvalue weighted by atomic mass is 127. The minimum Gasteiger partial charge on any atom is -0.478 e. The van der Waals surface area contributed by atoms with Crippen LogP contribution in [0.3, 0.4) is 0 Å². The Balaban J connectivity index is 2.07. The number of thiazole rings is 1. The van der Waals surface area contributed by atoms with Gasteiger partial charge in [-0.05, 0) is 40.3 Å². The molecule has 4 N–H and O–H groups in total. The molecule has 1 aromatic heterocycles. The molecule has 0 bridgehead atoms. The summed E-state index contributed by atoms with van der Waals surface area (Å²) in [5, 5.41) is 15.2. The van der Waals surface area contributed by atoms with Crippen LogP contribution in [0, 0.1) is 3.57 Å². The second kappa shape index (κ2) is 5.97. The zero-order valence-electron chi connectivity index (χ0n) is 9.50. The van der Waals surface area contributed by atoms with Crippen LogP contribution in [0.5, 0.6) is 0 Å². The number of rotatable bonds is 4. The summed E-state index contributed by atoms with van der Waals surface area (Å²) in [5.74, 6) is -0.493. The van der Waals surface area contributed by atoms with Crippen LogP contribution in [0.25, 0.3) is 0 Å². The molecule has 0 atom stereocenters. The number of hydrogen-bond donors (Lipinski definition) is 3. The van der Waals surface area contributed by atoms with E-state index < -0.39 is 5.97 Å². The Hall–Kier alpha value is -1.68. The van der Waals surface area contributed by atoms with Crippen LogP contribution in [0.4, 0.5) is 10.9 Å². The minimum absolute atomic E-state index is 0.276. The van der Waals surface area contributed by atoms with Crippen molar-refractivity contribution in [3.8, 4) is 0 Å². The van der Waals surface area contributed by atoms with Gasteiger partial charge in [0.1, 0.15) is 5.82 Å². The number of anilines is 2. The predicted octanol–water partition coefficient (Wildman–Crippen LogP) is 2.47. The molecule has 0 unspecified atom stereocenters. The number of nitrogens with zero attached hydrogens (tertiary/aromatic N) is 2. The van der Waals surface area contributed by atoms with Gasteiger partial charge in [-0.2, -0.15) is 5.10 Å². The van der Waals surface area contributed by atoms with Crippen molar-refractivity contribution in [1.82, 2.24) is 4.98 Å². The molecular weight excluding hydrogens is 379 g/mol. The molecule has 19 heavy (non-hydrogen) atoms. The summed E-state index contributed by atoms with van der Waals surface area (Å²) in [6.45, 7) is 0. The van der Waals surface area contributed by atoms with E-state index in [0.717, 1.165) is 5.56 Å². The summed E-state index contributed by atoms with van der Waals surface area (Å²) in [7, 11) is 0. The fourth-order valence-corrected chi connectivity index (χ4v) is 2.60. The molecule has 0 saturated carbocycles. The highest BCUT2D eigenvalue weighted by Gasteiger charge is 2.07. The average Bonchev–Trinajstić information content (AvgIpc) is 2.75. The van der Waals surface area contributed by atoms with Crippen LogP contribution in [-0.2, 0) is 0 Å². The zero-order valence-corrected chi connectivity index (χ0v) is 12.5. The van der Waals surface area contributed by atoms with Gasteiger partial charge in [-0.3, -0.25) is 5.43 Å². The van der Waals surface area contributed by atoms with Crippen molar-refractivity contribution < 1.29 is 9.90 Å². The molecule has 0 aliphatic heterocycles. The number of carbonyl (C=O) groups is 1. The summed E-state index contributed by atoms with van der Waals surface area (Å²) in [5.41, 5.74) is 9.30. The van der Waals surface area contributed by atoms with E-state index in [9.17, 15) is 4.79 Å². The van der Waals surface area contributed by atoms with Crippen LogP contribution >= 0.6 is 33.9 Å². The molecule has 0 aliphatic rings. The standard InChI is InChI=1S/C11H9IN4O2S/c12-8-3-6(1-2-7(8)10(17)18)4-14-16-11-15-9(13)5-19-11/h1-5H,13H2,(H,15,16)(H,17,18). The third-order valence-electron chi connectivity index (χ3n) is 2.12. The monoisotopic (exact) mass is 388 g/mol. The number of nitrogen functional groups attached to an aromatic ring is 1. The number of hydrazone groups is 1. The van der Waals surface area contributed by atoms with Gasteiger partial charge in [0.05, 0.1) is 11.8 Å². The lowest BCUT2D eigenvalue weighted by molar-refractivity contribution is 0.0695. The lowest BCUT2D eigenvalue weighted by Crippen LogP contribution is -2.00. The highest BCUT2D eigenvalue weighted by Crippen LogP contribution is 2.16. The second-order valence-corrected chi connectivity index (χ2v) is 5.51. The molecule has 0 radical (unpaired) electrons. The second-order valence-electron chi connectivity index (χ2n) is 3.49. The number of halogens is 1. The van der Waals surface area contributed by atoms with Gasteiger partial charge in [0, 0.05) is 8.95 Å². The molecule has 0 spiro atoms. The molecule has 1 heterocycles. The first kappa shape index (κ1) is 13.7. The van der Waals surface area contributed by atoms with E-state index in [1.807, 2.05) is 22.6 Å². The molecule has 0 aliphatic carbocycles. The van der Waals surface area contributed by atoms with Crippen LogP contribution in [0.2, 0.25) is 0 Å². The van der Waals surface area contributed by atoms with Gasteiger partial charge in [0.15, 0.2) is 0 Å². The topological polar surface area (TPSA) is 101 Å². The van der Waals surface area contributed by atoms with Gasteiger partial charge in [-0.1, -0.05) is 6.07 Å². The molecule has 0 amide bonds. The maximum Gasteiger partial charge on any atom is 0.336 e. The number of aromatic nitrogens is 1. The third-order valence-corrected chi connectivity index (χ3v) is 3.78. The first-order valence-electron chi connectivity index (χ1n) is 5.09. The Morgan fingerprint density at radius 1 is 1.58 bits per heavy atom. The number of carboxylic acid groups (broad SMARTS) is 1. The number of benzene rings is 1. The molecule has 1 aromatic carbocycles. The van der Waals surface area contributed by atoms with Crippen molar-refractivity contribution in [2.45, 2.75) is 0 Å². The van der Waals surface area contributed by atoms with E-state index >= 15 is 0 Å². The van der Waals surface area contributed by atoms with Gasteiger partial charge >= 0.3 is 5.97 Å². The van der Waals surface area contributed by atoms with E-state index in [1.54, 1.807) is 29.8 Å². The molecule has 0 fully saturated rings. The Labute approximate surface area is 126 Å². The molecular formula is C11H9IN4O2S. The highest BCUT2D eigenvalue weighted by molar-refractivity contribution is 14.1. The van der Waals surface area contributed by atoms with Crippen molar-refractivity contribution >= 4 is 57.1 Å². The van der Waals surface area contributed by atoms with Crippen molar-refractivity contribution in [2.75, 3.05) is 11.2 Å². The van der Waals surface area contributed by atoms with E-state index in [4.69, 9.17) is 10.8 Å². The van der Waals surface area contributed by atoms with Crippen molar-refractivity contribution in [3.05, 3.63) is 38.3 Å². The van der Waals surface area contributed by atoms with E-state index in [1.165, 1.54) is 11.3 Å². The summed E-state index contributed by atoms with van der Waals surface area (Å²) in [6, 6.07) is 4.98. The van der Waals surface area contributed by atoms with Crippen molar-refractivity contribution in [3.63, 3.8) is 0 Å². The fraction of sp³-hybridized carbons (Fsp3) is 0. The normalized spacial score (nSPS) is 10.8. The number of hydrogen-bond acceptors (Lipinski definition) is 6. The Morgan fingerprint density at radius 2 is 2.37 bits per heavy atom. The lowest BCUT2D eigenvalue weighted by Gasteiger charge is -2.00. The Kier molecular flexibility index (Phi) is 4.32. The fourth-order valence-electron chi connectivity index (χ4n) is 1.28. The number of carboxylic acids is 1. The van der Waals surface area contributed by atoms with Crippen LogP contribution in [0.15, 0.2) is 28.7 Å². The molecule has 8 heteroatoms. The minimum atomic E-state index is -0.940. The van der Waals surface area contributed by atoms with Gasteiger partial charge in [0.25, 0.3) is 0 Å². The predicted molar refractivity (Wildman–Crippen MR) is 83.9 cm³/mol. The van der Waals surface area contributed by atoms with Crippen LogP contribution < -0.4 is 11.2 Å². The summed E-state index contributed by atoms with van der Waals surface area (Å²) in [6.07, 6.45) is 1.59. The molecule has 0 saturated heterocycles. The Bertz CT molecular complexity index is 641. The SMILES string of the molecule is Nc1csc(NN=Cc2ccc(C(=O)O)c(I)c2)n1. The number of aromatic carboxylic acids is 1. The van der Waals surface area contributed by atoms with E-state index in [2.05, 4.69) is 15.5 Å². The van der Waals surface area contributed by atoms with Crippen molar-refractivity contribution in [2.24, 2.45) is 5.10 Å². The van der Waals surface area contributed by atoms with Gasteiger partial charge < -0.3 is 10.8 Å². The van der Waals surface area contributed by atoms with Gasteiger partial charge in [-0.15, -0.1) is 11.3 Å². The first-order chi connectivity index (χ1) is 9.06. The van der Waals surface area contributed by atoms with Crippen LogP contribution in [0.1, 0.15) is 15.9 Å². The largest absolute Gasteiger partial charge is 0.478 e. The summed E-state index contributed by atoms with van der Waals surface area (Å²) in [4.78, 5) is 14.9. The first-order valence-corrected chi connectivity index (χ1v) is 7.05.